The second kappa shape index (κ2) is 9.45. The summed E-state index contributed by atoms with van der Waals surface area (Å²) in [4.78, 5) is 1.13. The summed E-state index contributed by atoms with van der Waals surface area (Å²) in [6.07, 6.45) is 11.7. The highest BCUT2D eigenvalue weighted by Crippen LogP contribution is 2.56. The minimum atomic E-state index is 0.526. The summed E-state index contributed by atoms with van der Waals surface area (Å²) in [5.41, 5.74) is 0.526. The standard InChI is InChI=1S/C14H18Br2N2OS.C5H10/c1-19-12-5-13(11(16)4-10(12)15)20-18-3-2-17-14-6-9(7-14)8-14;1-2-4-5-3-1/h4-5,9,17-18H,2-3,6-8H2,1H3;1-5H2. The van der Waals surface area contributed by atoms with E-state index in [1.165, 1.54) is 51.4 Å². The zero-order valence-corrected chi connectivity index (χ0v) is 18.9. The molecule has 0 saturated heterocycles. The van der Waals surface area contributed by atoms with Gasteiger partial charge in [-0.1, -0.05) is 32.1 Å². The average molecular weight is 492 g/mol. The molecular weight excluding hydrogens is 464 g/mol. The Kier molecular flexibility index (Phi) is 7.56. The number of nitrogens with one attached hydrogen (secondary N) is 2. The lowest BCUT2D eigenvalue weighted by molar-refractivity contribution is -0.0496. The number of hydrogen-bond donors (Lipinski definition) is 2. The molecule has 4 aliphatic rings. The highest BCUT2D eigenvalue weighted by molar-refractivity contribution is 9.11. The van der Waals surface area contributed by atoms with Crippen LogP contribution in [-0.4, -0.2) is 25.7 Å². The molecule has 4 saturated carbocycles. The number of hydrogen-bond acceptors (Lipinski definition) is 4. The van der Waals surface area contributed by atoms with Gasteiger partial charge in [0.25, 0.3) is 0 Å². The first-order valence-corrected chi connectivity index (χ1v) is 11.7. The Morgan fingerprint density at radius 3 is 2.20 bits per heavy atom. The normalized spacial score (nSPS) is 26.3. The van der Waals surface area contributed by atoms with Crippen LogP contribution in [0.3, 0.4) is 0 Å². The Bertz CT molecular complexity index is 556. The van der Waals surface area contributed by atoms with Crippen molar-refractivity contribution in [2.45, 2.75) is 61.8 Å². The van der Waals surface area contributed by atoms with Crippen molar-refractivity contribution in [3.63, 3.8) is 0 Å². The van der Waals surface area contributed by atoms with E-state index in [0.717, 1.165) is 38.6 Å². The quantitative estimate of drug-likeness (QED) is 0.367. The molecule has 0 atom stereocenters. The second-order valence-corrected chi connectivity index (χ2v) is 10.0. The van der Waals surface area contributed by atoms with E-state index in [2.05, 4.69) is 41.9 Å². The Morgan fingerprint density at radius 2 is 1.68 bits per heavy atom. The van der Waals surface area contributed by atoms with E-state index in [1.54, 1.807) is 19.1 Å². The van der Waals surface area contributed by atoms with E-state index in [0.29, 0.717) is 5.54 Å². The third kappa shape index (κ3) is 5.38. The molecule has 0 radical (unpaired) electrons. The average Bonchev–Trinajstić information content (AvgIpc) is 3.09. The molecule has 0 aromatic heterocycles. The minimum absolute atomic E-state index is 0.526. The maximum Gasteiger partial charge on any atom is 0.134 e. The smallest absolute Gasteiger partial charge is 0.134 e. The maximum absolute atomic E-state index is 5.32. The first-order valence-electron chi connectivity index (χ1n) is 9.30. The lowest BCUT2D eigenvalue weighted by Gasteiger charge is -2.62. The third-order valence-electron chi connectivity index (χ3n) is 5.40. The zero-order chi connectivity index (χ0) is 17.7. The van der Waals surface area contributed by atoms with Gasteiger partial charge in [0, 0.05) is 28.0 Å². The molecule has 1 aromatic carbocycles. The van der Waals surface area contributed by atoms with Gasteiger partial charge in [-0.3, -0.25) is 4.72 Å². The summed E-state index contributed by atoms with van der Waals surface area (Å²) in [5.74, 6) is 1.89. The topological polar surface area (TPSA) is 33.3 Å². The van der Waals surface area contributed by atoms with E-state index < -0.39 is 0 Å². The predicted molar refractivity (Wildman–Crippen MR) is 113 cm³/mol. The molecule has 0 unspecified atom stereocenters. The van der Waals surface area contributed by atoms with Gasteiger partial charge in [0.1, 0.15) is 5.75 Å². The van der Waals surface area contributed by atoms with E-state index >= 15 is 0 Å². The molecule has 2 N–H and O–H groups in total. The van der Waals surface area contributed by atoms with Crippen molar-refractivity contribution >= 4 is 43.8 Å². The van der Waals surface area contributed by atoms with Gasteiger partial charge >= 0.3 is 0 Å². The minimum Gasteiger partial charge on any atom is -0.496 e. The summed E-state index contributed by atoms with van der Waals surface area (Å²) in [6, 6.07) is 4.04. The molecule has 25 heavy (non-hydrogen) atoms. The van der Waals surface area contributed by atoms with Crippen LogP contribution in [0.2, 0.25) is 0 Å². The lowest BCUT2D eigenvalue weighted by atomic mass is 9.50. The van der Waals surface area contributed by atoms with Gasteiger partial charge in [-0.25, -0.2) is 0 Å². The molecule has 2 bridgehead atoms. The van der Waals surface area contributed by atoms with Gasteiger partial charge in [0.15, 0.2) is 0 Å². The van der Waals surface area contributed by atoms with E-state index in [1.807, 2.05) is 12.1 Å². The van der Waals surface area contributed by atoms with Crippen molar-refractivity contribution in [2.75, 3.05) is 20.2 Å². The fraction of sp³-hybridized carbons (Fsp3) is 0.684. The summed E-state index contributed by atoms with van der Waals surface area (Å²) in [7, 11) is 1.68. The van der Waals surface area contributed by atoms with Crippen LogP contribution in [0.5, 0.6) is 5.75 Å². The molecule has 4 fully saturated rings. The highest BCUT2D eigenvalue weighted by atomic mass is 79.9. The molecule has 1 aromatic rings. The number of halogens is 2. The van der Waals surface area contributed by atoms with Crippen molar-refractivity contribution in [3.8, 4) is 5.75 Å². The van der Waals surface area contributed by atoms with E-state index in [9.17, 15) is 0 Å². The van der Waals surface area contributed by atoms with Gasteiger partial charge in [-0.15, -0.1) is 0 Å². The fourth-order valence-corrected chi connectivity index (χ4v) is 5.91. The van der Waals surface area contributed by atoms with Crippen LogP contribution < -0.4 is 14.8 Å². The molecule has 4 aliphatic carbocycles. The molecule has 0 aliphatic heterocycles. The largest absolute Gasteiger partial charge is 0.496 e. The van der Waals surface area contributed by atoms with Crippen molar-refractivity contribution in [2.24, 2.45) is 5.92 Å². The summed E-state index contributed by atoms with van der Waals surface area (Å²) in [6.45, 7) is 1.99. The number of methoxy groups -OCH3 is 1. The van der Waals surface area contributed by atoms with Crippen LogP contribution in [0.15, 0.2) is 26.0 Å². The molecule has 6 heteroatoms. The SMILES string of the molecule is C1CCCC1.COc1cc(SNCCNC23CC(C2)C3)c(Br)cc1Br. The van der Waals surface area contributed by atoms with Crippen molar-refractivity contribution in [1.29, 1.82) is 0 Å². The first-order chi connectivity index (χ1) is 12.1. The molecule has 5 rings (SSSR count). The van der Waals surface area contributed by atoms with Crippen molar-refractivity contribution in [1.82, 2.24) is 10.0 Å². The molecule has 3 nitrogen and oxygen atoms in total. The molecule has 0 heterocycles. The van der Waals surface area contributed by atoms with Crippen LogP contribution in [-0.2, 0) is 0 Å². The van der Waals surface area contributed by atoms with Gasteiger partial charge in [0.2, 0.25) is 0 Å². The van der Waals surface area contributed by atoms with Crippen LogP contribution in [0.4, 0.5) is 0 Å². The van der Waals surface area contributed by atoms with Crippen LogP contribution >= 0.6 is 43.8 Å². The summed E-state index contributed by atoms with van der Waals surface area (Å²) < 4.78 is 10.7. The van der Waals surface area contributed by atoms with Crippen LogP contribution in [0.25, 0.3) is 0 Å². The Morgan fingerprint density at radius 1 is 1.04 bits per heavy atom. The Hall–Kier alpha value is 0.250. The van der Waals surface area contributed by atoms with Crippen molar-refractivity contribution in [3.05, 3.63) is 21.1 Å². The third-order valence-corrected chi connectivity index (χ3v) is 7.85. The zero-order valence-electron chi connectivity index (χ0n) is 14.9. The van der Waals surface area contributed by atoms with Gasteiger partial charge in [-0.05, 0) is 81.1 Å². The van der Waals surface area contributed by atoms with Gasteiger partial charge < -0.3 is 10.1 Å². The summed E-state index contributed by atoms with van der Waals surface area (Å²) in [5, 5.41) is 3.67. The van der Waals surface area contributed by atoms with Crippen LogP contribution in [0.1, 0.15) is 51.4 Å². The maximum atomic E-state index is 5.32. The predicted octanol–water partition coefficient (Wildman–Crippen LogP) is 5.91. The van der Waals surface area contributed by atoms with Crippen LogP contribution in [0, 0.1) is 5.92 Å². The van der Waals surface area contributed by atoms with E-state index in [4.69, 9.17) is 4.74 Å². The van der Waals surface area contributed by atoms with Gasteiger partial charge in [0.05, 0.1) is 11.6 Å². The number of rotatable bonds is 7. The van der Waals surface area contributed by atoms with E-state index in [-0.39, 0.29) is 0 Å². The number of ether oxygens (including phenoxy) is 1. The number of benzene rings is 1. The highest BCUT2D eigenvalue weighted by Gasteiger charge is 2.55. The molecule has 0 spiro atoms. The lowest BCUT2D eigenvalue weighted by Crippen LogP contribution is -2.67. The molecule has 140 valence electrons. The Labute approximate surface area is 172 Å². The monoisotopic (exact) mass is 490 g/mol. The Balaban J connectivity index is 0.000000314. The molecule has 0 amide bonds. The second-order valence-electron chi connectivity index (χ2n) is 7.37. The fourth-order valence-electron chi connectivity index (χ4n) is 3.83. The van der Waals surface area contributed by atoms with Crippen molar-refractivity contribution < 1.29 is 4.74 Å². The summed E-state index contributed by atoms with van der Waals surface area (Å²) >= 11 is 8.69. The first kappa shape index (κ1) is 20.0. The molecular formula is C19H28Br2N2OS. The van der Waals surface area contributed by atoms with Gasteiger partial charge in [-0.2, -0.15) is 0 Å².